The van der Waals surface area contributed by atoms with Gasteiger partial charge in [-0.1, -0.05) is 23.9 Å². The Morgan fingerprint density at radius 1 is 1.29 bits per heavy atom. The molecule has 1 N–H and O–H groups in total. The molecule has 0 atom stereocenters. The Bertz CT molecular complexity index is 281. The lowest BCUT2D eigenvalue weighted by Gasteiger charge is -2.09. The number of hydrogen-bond acceptors (Lipinski definition) is 2. The molecule has 0 aliphatic rings. The fourth-order valence-corrected chi connectivity index (χ4v) is 1.61. The predicted octanol–water partition coefficient (Wildman–Crippen LogP) is 3.38. The standard InChI is InChI=1S/C9H10F3NS/c10-5-6-13-7-3-1-2-4-8(7)14-9(11)12/h1-4,9,13H,5-6H2. The smallest absolute Gasteiger partial charge is 0.288 e. The van der Waals surface area contributed by atoms with Gasteiger partial charge in [0.1, 0.15) is 6.67 Å². The molecule has 0 bridgehead atoms. The molecule has 0 heterocycles. The van der Waals surface area contributed by atoms with E-state index in [2.05, 4.69) is 5.32 Å². The van der Waals surface area contributed by atoms with Gasteiger partial charge in [0.15, 0.2) is 0 Å². The SMILES string of the molecule is FCCNc1ccccc1SC(F)F. The van der Waals surface area contributed by atoms with Gasteiger partial charge in [0.25, 0.3) is 5.76 Å². The maximum Gasteiger partial charge on any atom is 0.288 e. The summed E-state index contributed by atoms with van der Waals surface area (Å²) in [4.78, 5) is 0.441. The molecule has 0 unspecified atom stereocenters. The molecule has 0 amide bonds. The Kier molecular flexibility index (Phi) is 4.65. The Balaban J connectivity index is 2.69. The first kappa shape index (κ1) is 11.2. The van der Waals surface area contributed by atoms with E-state index in [0.717, 1.165) is 0 Å². The van der Waals surface area contributed by atoms with E-state index in [1.54, 1.807) is 24.3 Å². The first-order valence-corrected chi connectivity index (χ1v) is 4.95. The molecule has 1 aromatic rings. The van der Waals surface area contributed by atoms with Crippen molar-refractivity contribution in [1.29, 1.82) is 0 Å². The summed E-state index contributed by atoms with van der Waals surface area (Å²) in [5, 5.41) is 2.74. The van der Waals surface area contributed by atoms with Gasteiger partial charge < -0.3 is 5.32 Å². The summed E-state index contributed by atoms with van der Waals surface area (Å²) in [6.45, 7) is -0.380. The summed E-state index contributed by atoms with van der Waals surface area (Å²) in [6, 6.07) is 6.62. The van der Waals surface area contributed by atoms with E-state index in [-0.39, 0.29) is 6.54 Å². The number of benzene rings is 1. The van der Waals surface area contributed by atoms with Crippen LogP contribution in [0.5, 0.6) is 0 Å². The average Bonchev–Trinajstić information content (AvgIpc) is 2.16. The average molecular weight is 221 g/mol. The van der Waals surface area contributed by atoms with Gasteiger partial charge in [0.2, 0.25) is 0 Å². The summed E-state index contributed by atoms with van der Waals surface area (Å²) in [5.41, 5.74) is 0.551. The lowest BCUT2D eigenvalue weighted by molar-refractivity contribution is 0.252. The second kappa shape index (κ2) is 5.80. The highest BCUT2D eigenvalue weighted by Gasteiger charge is 2.08. The zero-order valence-electron chi connectivity index (χ0n) is 7.34. The topological polar surface area (TPSA) is 12.0 Å². The molecule has 0 aromatic heterocycles. The summed E-state index contributed by atoms with van der Waals surface area (Å²) < 4.78 is 36.0. The van der Waals surface area contributed by atoms with E-state index < -0.39 is 12.4 Å². The van der Waals surface area contributed by atoms with Crippen LogP contribution in [0.2, 0.25) is 0 Å². The summed E-state index contributed by atoms with van der Waals surface area (Å²) >= 11 is 0.457. The summed E-state index contributed by atoms with van der Waals surface area (Å²) in [5.74, 6) is -2.46. The van der Waals surface area contributed by atoms with Crippen LogP contribution < -0.4 is 5.32 Å². The Morgan fingerprint density at radius 2 is 2.00 bits per heavy atom. The third-order valence-corrected chi connectivity index (χ3v) is 2.30. The van der Waals surface area contributed by atoms with Crippen molar-refractivity contribution in [2.75, 3.05) is 18.5 Å². The highest BCUT2D eigenvalue weighted by Crippen LogP contribution is 2.31. The van der Waals surface area contributed by atoms with Crippen molar-refractivity contribution in [2.24, 2.45) is 0 Å². The van der Waals surface area contributed by atoms with Crippen molar-refractivity contribution in [3.05, 3.63) is 24.3 Å². The van der Waals surface area contributed by atoms with Gasteiger partial charge >= 0.3 is 0 Å². The molecule has 14 heavy (non-hydrogen) atoms. The molecule has 0 fully saturated rings. The number of hydrogen-bond donors (Lipinski definition) is 1. The number of para-hydroxylation sites is 1. The van der Waals surface area contributed by atoms with E-state index in [9.17, 15) is 13.2 Å². The molecule has 1 nitrogen and oxygen atoms in total. The van der Waals surface area contributed by atoms with Crippen LogP contribution in [0.4, 0.5) is 18.9 Å². The number of thioether (sulfide) groups is 1. The van der Waals surface area contributed by atoms with Crippen LogP contribution in [-0.2, 0) is 0 Å². The van der Waals surface area contributed by atoms with Crippen molar-refractivity contribution in [1.82, 2.24) is 0 Å². The first-order chi connectivity index (χ1) is 6.74. The molecule has 0 saturated heterocycles. The predicted molar refractivity (Wildman–Crippen MR) is 52.8 cm³/mol. The molecular weight excluding hydrogens is 211 g/mol. The van der Waals surface area contributed by atoms with Gasteiger partial charge in [-0.2, -0.15) is 8.78 Å². The highest BCUT2D eigenvalue weighted by atomic mass is 32.2. The van der Waals surface area contributed by atoms with E-state index in [1.807, 2.05) is 0 Å². The van der Waals surface area contributed by atoms with E-state index >= 15 is 0 Å². The molecular formula is C9H10F3NS. The lowest BCUT2D eigenvalue weighted by Crippen LogP contribution is -2.04. The van der Waals surface area contributed by atoms with Gasteiger partial charge in [-0.25, -0.2) is 4.39 Å². The molecule has 78 valence electrons. The highest BCUT2D eigenvalue weighted by molar-refractivity contribution is 7.99. The molecule has 1 rings (SSSR count). The van der Waals surface area contributed by atoms with Crippen molar-refractivity contribution in [3.8, 4) is 0 Å². The summed E-state index contributed by atoms with van der Waals surface area (Å²) in [7, 11) is 0. The van der Waals surface area contributed by atoms with Crippen molar-refractivity contribution in [3.63, 3.8) is 0 Å². The van der Waals surface area contributed by atoms with Crippen LogP contribution in [0.3, 0.4) is 0 Å². The Morgan fingerprint density at radius 3 is 2.64 bits per heavy atom. The van der Waals surface area contributed by atoms with Crippen LogP contribution in [0.25, 0.3) is 0 Å². The number of anilines is 1. The fraction of sp³-hybridized carbons (Fsp3) is 0.333. The van der Waals surface area contributed by atoms with Crippen LogP contribution in [-0.4, -0.2) is 19.0 Å². The molecule has 0 saturated carbocycles. The molecule has 1 aromatic carbocycles. The molecule has 0 aliphatic heterocycles. The van der Waals surface area contributed by atoms with Crippen LogP contribution in [0.15, 0.2) is 29.2 Å². The van der Waals surface area contributed by atoms with E-state index in [1.165, 1.54) is 0 Å². The third-order valence-electron chi connectivity index (χ3n) is 1.51. The van der Waals surface area contributed by atoms with Crippen LogP contribution in [0.1, 0.15) is 0 Å². The number of alkyl halides is 3. The second-order valence-corrected chi connectivity index (χ2v) is 3.52. The maximum absolute atomic E-state index is 12.1. The minimum absolute atomic E-state index is 0.140. The first-order valence-electron chi connectivity index (χ1n) is 4.07. The van der Waals surface area contributed by atoms with Gasteiger partial charge in [-0.15, -0.1) is 0 Å². The Hall–Kier alpha value is -0.840. The minimum Gasteiger partial charge on any atom is -0.382 e. The largest absolute Gasteiger partial charge is 0.382 e. The van der Waals surface area contributed by atoms with Gasteiger partial charge in [0, 0.05) is 17.1 Å². The lowest BCUT2D eigenvalue weighted by atomic mass is 10.3. The fourth-order valence-electron chi connectivity index (χ4n) is 0.993. The quantitative estimate of drug-likeness (QED) is 0.765. The molecule has 0 spiro atoms. The number of nitrogens with one attached hydrogen (secondary N) is 1. The van der Waals surface area contributed by atoms with Crippen molar-refractivity contribution < 1.29 is 13.2 Å². The third kappa shape index (κ3) is 3.49. The van der Waals surface area contributed by atoms with Crippen molar-refractivity contribution >= 4 is 17.4 Å². The second-order valence-electron chi connectivity index (χ2n) is 2.49. The zero-order valence-corrected chi connectivity index (χ0v) is 8.16. The van der Waals surface area contributed by atoms with Gasteiger partial charge in [0.05, 0.1) is 0 Å². The normalized spacial score (nSPS) is 10.6. The van der Waals surface area contributed by atoms with Crippen molar-refractivity contribution in [2.45, 2.75) is 10.7 Å². The van der Waals surface area contributed by atoms with E-state index in [0.29, 0.717) is 22.3 Å². The molecule has 5 heteroatoms. The monoisotopic (exact) mass is 221 g/mol. The zero-order chi connectivity index (χ0) is 10.4. The number of halogens is 3. The van der Waals surface area contributed by atoms with Crippen LogP contribution >= 0.6 is 11.8 Å². The molecule has 0 aliphatic carbocycles. The molecule has 0 radical (unpaired) electrons. The minimum atomic E-state index is -2.46. The number of rotatable bonds is 5. The van der Waals surface area contributed by atoms with Crippen LogP contribution in [0, 0.1) is 0 Å². The maximum atomic E-state index is 12.1. The van der Waals surface area contributed by atoms with Gasteiger partial charge in [-0.3, -0.25) is 0 Å². The van der Waals surface area contributed by atoms with E-state index in [4.69, 9.17) is 0 Å². The Labute approximate surface area is 84.7 Å². The van der Waals surface area contributed by atoms with Gasteiger partial charge in [-0.05, 0) is 12.1 Å². The summed E-state index contributed by atoms with van der Waals surface area (Å²) in [6.07, 6.45) is 0.